The van der Waals surface area contributed by atoms with Crippen LogP contribution in [-0.2, 0) is 11.3 Å². The molecule has 0 N–H and O–H groups in total. The Labute approximate surface area is 61.2 Å². The monoisotopic (exact) mass is 166 g/mol. The molecular formula is C4H8NO2S2-. The van der Waals surface area contributed by atoms with Crippen molar-refractivity contribution in [3.63, 3.8) is 0 Å². The van der Waals surface area contributed by atoms with Crippen LogP contribution in [0.3, 0.4) is 0 Å². The van der Waals surface area contributed by atoms with Crippen molar-refractivity contribution in [3.05, 3.63) is 0 Å². The number of nitrogens with zero attached hydrogens (tertiary/aromatic N) is 1. The molecule has 54 valence electrons. The Bertz CT molecular complexity index is 113. The van der Waals surface area contributed by atoms with Crippen LogP contribution >= 0.6 is 11.8 Å². The van der Waals surface area contributed by atoms with E-state index in [4.69, 9.17) is 0 Å². The summed E-state index contributed by atoms with van der Waals surface area (Å²) in [6.45, 7) is 1.36. The minimum Gasteiger partial charge on any atom is -0.760 e. The largest absolute Gasteiger partial charge is 0.760 e. The zero-order valence-corrected chi connectivity index (χ0v) is 6.54. The van der Waals surface area contributed by atoms with Gasteiger partial charge in [0.05, 0.1) is 0 Å². The highest BCUT2D eigenvalue weighted by Gasteiger charge is 2.09. The highest BCUT2D eigenvalue weighted by atomic mass is 32.2. The van der Waals surface area contributed by atoms with Crippen molar-refractivity contribution in [2.45, 2.75) is 0 Å². The predicted octanol–water partition coefficient (Wildman–Crippen LogP) is -0.171. The lowest BCUT2D eigenvalue weighted by molar-refractivity contribution is 0.413. The van der Waals surface area contributed by atoms with Gasteiger partial charge in [0.1, 0.15) is 0 Å². The molecule has 5 heteroatoms. The second kappa shape index (κ2) is 3.55. The Morgan fingerprint density at radius 3 is 2.33 bits per heavy atom. The summed E-state index contributed by atoms with van der Waals surface area (Å²) in [5.74, 6) is 1.88. The molecular weight excluding hydrogens is 158 g/mol. The number of hydrogen-bond acceptors (Lipinski definition) is 3. The van der Waals surface area contributed by atoms with Crippen LogP contribution in [0.2, 0.25) is 0 Å². The van der Waals surface area contributed by atoms with Crippen molar-refractivity contribution < 1.29 is 8.76 Å². The summed E-state index contributed by atoms with van der Waals surface area (Å²) in [5, 5.41) is 0. The van der Waals surface area contributed by atoms with Gasteiger partial charge in [0.15, 0.2) is 0 Å². The zero-order valence-electron chi connectivity index (χ0n) is 4.91. The average Bonchev–Trinajstić information content (AvgIpc) is 1.90. The van der Waals surface area contributed by atoms with E-state index in [-0.39, 0.29) is 0 Å². The Kier molecular flexibility index (Phi) is 2.97. The van der Waals surface area contributed by atoms with Gasteiger partial charge in [0, 0.05) is 35.9 Å². The van der Waals surface area contributed by atoms with E-state index in [1.54, 1.807) is 11.8 Å². The Morgan fingerprint density at radius 2 is 2.00 bits per heavy atom. The van der Waals surface area contributed by atoms with Crippen LogP contribution in [0.25, 0.3) is 0 Å². The molecule has 0 spiro atoms. The van der Waals surface area contributed by atoms with Crippen molar-refractivity contribution >= 4 is 23.0 Å². The fraction of sp³-hybridized carbons (Fsp3) is 1.00. The van der Waals surface area contributed by atoms with Crippen molar-refractivity contribution in [2.75, 3.05) is 24.6 Å². The standard InChI is InChI=1S/C4H9NO2S2/c6-9(7)5-1-3-8-4-2-5/h1-4H2,(H,6,7)/p-1. The van der Waals surface area contributed by atoms with E-state index in [2.05, 4.69) is 0 Å². The molecule has 3 nitrogen and oxygen atoms in total. The smallest absolute Gasteiger partial charge is 0.0209 e. The van der Waals surface area contributed by atoms with Gasteiger partial charge in [-0.3, -0.25) is 4.21 Å². The second-order valence-electron chi connectivity index (χ2n) is 1.76. The molecule has 0 radical (unpaired) electrons. The van der Waals surface area contributed by atoms with Gasteiger partial charge in [-0.15, -0.1) is 0 Å². The summed E-state index contributed by atoms with van der Waals surface area (Å²) >= 11 is -0.181. The summed E-state index contributed by atoms with van der Waals surface area (Å²) in [4.78, 5) is 0. The minimum absolute atomic E-state index is 0.681. The molecule has 1 atom stereocenters. The van der Waals surface area contributed by atoms with Crippen molar-refractivity contribution in [1.29, 1.82) is 0 Å². The van der Waals surface area contributed by atoms with Crippen LogP contribution < -0.4 is 0 Å². The highest BCUT2D eigenvalue weighted by molar-refractivity contribution is 7.99. The van der Waals surface area contributed by atoms with Gasteiger partial charge in [-0.1, -0.05) is 0 Å². The van der Waals surface area contributed by atoms with Crippen molar-refractivity contribution in [1.82, 2.24) is 4.31 Å². The molecule has 0 aromatic heterocycles. The first-order chi connectivity index (χ1) is 4.30. The van der Waals surface area contributed by atoms with E-state index in [0.717, 1.165) is 11.5 Å². The first-order valence-corrected chi connectivity index (χ1v) is 4.91. The van der Waals surface area contributed by atoms with Crippen molar-refractivity contribution in [2.24, 2.45) is 0 Å². The number of rotatable bonds is 1. The topological polar surface area (TPSA) is 43.4 Å². The fourth-order valence-corrected chi connectivity index (χ4v) is 2.31. The summed E-state index contributed by atoms with van der Waals surface area (Å²) in [6, 6.07) is 0. The molecule has 1 aliphatic rings. The molecule has 0 saturated carbocycles. The SMILES string of the molecule is O=S([O-])N1CCSCC1. The average molecular weight is 166 g/mol. The molecule has 0 aliphatic carbocycles. The van der Waals surface area contributed by atoms with Gasteiger partial charge >= 0.3 is 0 Å². The molecule has 9 heavy (non-hydrogen) atoms. The minimum atomic E-state index is -1.98. The fourth-order valence-electron chi connectivity index (χ4n) is 0.696. The zero-order chi connectivity index (χ0) is 6.69. The molecule has 0 aromatic carbocycles. The third kappa shape index (κ3) is 2.25. The van der Waals surface area contributed by atoms with Crippen LogP contribution in [0.15, 0.2) is 0 Å². The maximum absolute atomic E-state index is 10.3. The van der Waals surface area contributed by atoms with Crippen LogP contribution in [0, 0.1) is 0 Å². The molecule has 1 unspecified atom stereocenters. The third-order valence-electron chi connectivity index (χ3n) is 1.18. The van der Waals surface area contributed by atoms with Crippen LogP contribution in [0.5, 0.6) is 0 Å². The molecule has 1 aliphatic heterocycles. The van der Waals surface area contributed by atoms with Gasteiger partial charge in [-0.2, -0.15) is 11.8 Å². The van der Waals surface area contributed by atoms with Crippen LogP contribution in [0.1, 0.15) is 0 Å². The summed E-state index contributed by atoms with van der Waals surface area (Å²) in [6.07, 6.45) is 0. The first-order valence-electron chi connectivity index (χ1n) is 2.73. The summed E-state index contributed by atoms with van der Waals surface area (Å²) in [7, 11) is 0. The lowest BCUT2D eigenvalue weighted by Gasteiger charge is -2.27. The lowest BCUT2D eigenvalue weighted by atomic mass is 10.6. The molecule has 1 rings (SSSR count). The Hall–Kier alpha value is 0.420. The predicted molar refractivity (Wildman–Crippen MR) is 37.8 cm³/mol. The highest BCUT2D eigenvalue weighted by Crippen LogP contribution is 2.09. The van der Waals surface area contributed by atoms with E-state index < -0.39 is 11.3 Å². The van der Waals surface area contributed by atoms with E-state index in [1.165, 1.54) is 4.31 Å². The molecule has 1 saturated heterocycles. The molecule has 1 heterocycles. The van der Waals surface area contributed by atoms with Gasteiger partial charge in [0.25, 0.3) is 0 Å². The Balaban J connectivity index is 2.31. The van der Waals surface area contributed by atoms with E-state index in [0.29, 0.717) is 13.1 Å². The lowest BCUT2D eigenvalue weighted by Crippen LogP contribution is -2.33. The van der Waals surface area contributed by atoms with Gasteiger partial charge in [-0.25, -0.2) is 4.31 Å². The van der Waals surface area contributed by atoms with Crippen LogP contribution in [-0.4, -0.2) is 37.7 Å². The Morgan fingerprint density at radius 1 is 1.44 bits per heavy atom. The quantitative estimate of drug-likeness (QED) is 0.508. The van der Waals surface area contributed by atoms with Gasteiger partial charge in [-0.05, 0) is 0 Å². The van der Waals surface area contributed by atoms with Crippen molar-refractivity contribution in [3.8, 4) is 0 Å². The third-order valence-corrected chi connectivity index (χ3v) is 2.91. The molecule has 0 amide bonds. The second-order valence-corrected chi connectivity index (χ2v) is 3.93. The maximum Gasteiger partial charge on any atom is 0.0209 e. The van der Waals surface area contributed by atoms with E-state index in [9.17, 15) is 8.76 Å². The molecule has 1 fully saturated rings. The maximum atomic E-state index is 10.3. The summed E-state index contributed by atoms with van der Waals surface area (Å²) in [5.41, 5.74) is 0. The van der Waals surface area contributed by atoms with E-state index >= 15 is 0 Å². The molecule has 0 aromatic rings. The summed E-state index contributed by atoms with van der Waals surface area (Å²) < 4.78 is 22.0. The van der Waals surface area contributed by atoms with Gasteiger partial charge < -0.3 is 4.55 Å². The number of thioether (sulfide) groups is 1. The normalized spacial score (nSPS) is 25.9. The van der Waals surface area contributed by atoms with Crippen LogP contribution in [0.4, 0.5) is 0 Å². The first kappa shape index (κ1) is 7.53. The number of hydrogen-bond donors (Lipinski definition) is 0. The van der Waals surface area contributed by atoms with Gasteiger partial charge in [0.2, 0.25) is 0 Å². The molecule has 0 bridgehead atoms. The van der Waals surface area contributed by atoms with E-state index in [1.807, 2.05) is 0 Å².